The molecule has 1 aromatic heterocycles. The Morgan fingerprint density at radius 1 is 1.31 bits per heavy atom. The Hall–Kier alpha value is -1.90. The number of hydrogen-bond donors (Lipinski definition) is 0. The van der Waals surface area contributed by atoms with Crippen molar-refractivity contribution >= 4 is 6.29 Å². The summed E-state index contributed by atoms with van der Waals surface area (Å²) in [7, 11) is 1.77. The molecular weight excluding hydrogens is 200 g/mol. The summed E-state index contributed by atoms with van der Waals surface area (Å²) >= 11 is 0. The third-order valence-corrected chi connectivity index (χ3v) is 2.69. The molecular formula is C13H14N2O. The van der Waals surface area contributed by atoms with Gasteiger partial charge in [-0.2, -0.15) is 5.10 Å². The molecule has 0 spiro atoms. The van der Waals surface area contributed by atoms with Gasteiger partial charge in [0.05, 0.1) is 5.69 Å². The molecule has 0 amide bonds. The van der Waals surface area contributed by atoms with E-state index in [1.165, 1.54) is 5.56 Å². The second kappa shape index (κ2) is 4.31. The standard InChI is InChI=1S/C13H14N2O/c1-3-10-4-6-11(7-5-10)13-8-12(9-16)15(2)14-13/h4-9H,3H2,1-2H3. The lowest BCUT2D eigenvalue weighted by Gasteiger charge is -1.98. The van der Waals surface area contributed by atoms with Crippen LogP contribution in [0.4, 0.5) is 0 Å². The number of rotatable bonds is 3. The molecule has 0 radical (unpaired) electrons. The normalized spacial score (nSPS) is 10.4. The van der Waals surface area contributed by atoms with Crippen molar-refractivity contribution in [3.8, 4) is 11.3 Å². The molecule has 3 heteroatoms. The van der Waals surface area contributed by atoms with Gasteiger partial charge in [-0.3, -0.25) is 9.48 Å². The molecule has 2 rings (SSSR count). The van der Waals surface area contributed by atoms with Gasteiger partial charge in [0.15, 0.2) is 6.29 Å². The third kappa shape index (κ3) is 1.89. The van der Waals surface area contributed by atoms with Gasteiger partial charge in [-0.25, -0.2) is 0 Å². The summed E-state index contributed by atoms with van der Waals surface area (Å²) in [5.41, 5.74) is 3.78. The minimum absolute atomic E-state index is 0.592. The van der Waals surface area contributed by atoms with Crippen LogP contribution < -0.4 is 0 Å². The van der Waals surface area contributed by atoms with E-state index in [0.717, 1.165) is 24.0 Å². The van der Waals surface area contributed by atoms with Gasteiger partial charge in [-0.1, -0.05) is 31.2 Å². The minimum atomic E-state index is 0.592. The Bertz CT molecular complexity index is 497. The first kappa shape index (κ1) is 10.6. The molecule has 16 heavy (non-hydrogen) atoms. The smallest absolute Gasteiger partial charge is 0.168 e. The molecule has 0 atom stereocenters. The molecule has 0 aliphatic carbocycles. The van der Waals surface area contributed by atoms with Crippen LogP contribution in [0.2, 0.25) is 0 Å². The van der Waals surface area contributed by atoms with Gasteiger partial charge in [0.1, 0.15) is 5.69 Å². The Balaban J connectivity index is 2.38. The highest BCUT2D eigenvalue weighted by atomic mass is 16.1. The molecule has 0 unspecified atom stereocenters. The van der Waals surface area contributed by atoms with Crippen molar-refractivity contribution in [2.45, 2.75) is 13.3 Å². The summed E-state index contributed by atoms with van der Waals surface area (Å²) in [6.45, 7) is 2.13. The van der Waals surface area contributed by atoms with Gasteiger partial charge >= 0.3 is 0 Å². The molecule has 0 saturated heterocycles. The SMILES string of the molecule is CCc1ccc(-c2cc(C=O)n(C)n2)cc1. The maximum Gasteiger partial charge on any atom is 0.168 e. The van der Waals surface area contributed by atoms with Crippen molar-refractivity contribution in [1.82, 2.24) is 9.78 Å². The van der Waals surface area contributed by atoms with Crippen molar-refractivity contribution < 1.29 is 4.79 Å². The molecule has 0 N–H and O–H groups in total. The number of aldehydes is 1. The van der Waals surface area contributed by atoms with E-state index in [-0.39, 0.29) is 0 Å². The first-order chi connectivity index (χ1) is 7.74. The maximum atomic E-state index is 10.7. The van der Waals surface area contributed by atoms with Crippen LogP contribution >= 0.6 is 0 Å². The minimum Gasteiger partial charge on any atom is -0.296 e. The first-order valence-corrected chi connectivity index (χ1v) is 5.33. The highest BCUT2D eigenvalue weighted by Crippen LogP contribution is 2.18. The highest BCUT2D eigenvalue weighted by molar-refractivity contribution is 5.75. The first-order valence-electron chi connectivity index (χ1n) is 5.33. The van der Waals surface area contributed by atoms with Crippen molar-refractivity contribution in [1.29, 1.82) is 0 Å². The van der Waals surface area contributed by atoms with Gasteiger partial charge < -0.3 is 0 Å². The monoisotopic (exact) mass is 214 g/mol. The van der Waals surface area contributed by atoms with E-state index in [1.54, 1.807) is 17.8 Å². The summed E-state index contributed by atoms with van der Waals surface area (Å²) in [6.07, 6.45) is 1.85. The molecule has 1 heterocycles. The fraction of sp³-hybridized carbons (Fsp3) is 0.231. The second-order valence-electron chi connectivity index (χ2n) is 3.75. The number of carbonyl (C=O) groups excluding carboxylic acids is 1. The molecule has 0 fully saturated rings. The molecule has 2 aromatic rings. The second-order valence-corrected chi connectivity index (χ2v) is 3.75. The van der Waals surface area contributed by atoms with Crippen LogP contribution in [-0.2, 0) is 13.5 Å². The van der Waals surface area contributed by atoms with Gasteiger partial charge in [0.2, 0.25) is 0 Å². The van der Waals surface area contributed by atoms with Crippen LogP contribution in [0.3, 0.4) is 0 Å². The summed E-state index contributed by atoms with van der Waals surface area (Å²) < 4.78 is 1.59. The van der Waals surface area contributed by atoms with E-state index in [0.29, 0.717) is 5.69 Å². The maximum absolute atomic E-state index is 10.7. The molecule has 0 saturated carbocycles. The number of benzene rings is 1. The Labute approximate surface area is 94.7 Å². The molecule has 0 bridgehead atoms. The Morgan fingerprint density at radius 3 is 2.50 bits per heavy atom. The number of aryl methyl sites for hydroxylation is 2. The Morgan fingerprint density at radius 2 is 2.00 bits per heavy atom. The number of carbonyl (C=O) groups is 1. The predicted molar refractivity (Wildman–Crippen MR) is 63.4 cm³/mol. The van der Waals surface area contributed by atoms with Crippen molar-refractivity contribution in [3.05, 3.63) is 41.6 Å². The fourth-order valence-corrected chi connectivity index (χ4v) is 1.64. The predicted octanol–water partition coefficient (Wildman–Crippen LogP) is 2.46. The van der Waals surface area contributed by atoms with Crippen molar-refractivity contribution in [2.75, 3.05) is 0 Å². The average molecular weight is 214 g/mol. The number of aromatic nitrogens is 2. The van der Waals surface area contributed by atoms with E-state index in [4.69, 9.17) is 0 Å². The largest absolute Gasteiger partial charge is 0.296 e. The zero-order valence-corrected chi connectivity index (χ0v) is 9.47. The quantitative estimate of drug-likeness (QED) is 0.736. The van der Waals surface area contributed by atoms with Crippen LogP contribution in [-0.4, -0.2) is 16.1 Å². The number of nitrogens with zero attached hydrogens (tertiary/aromatic N) is 2. The van der Waals surface area contributed by atoms with Crippen LogP contribution in [0.1, 0.15) is 23.0 Å². The highest BCUT2D eigenvalue weighted by Gasteiger charge is 2.05. The van der Waals surface area contributed by atoms with Crippen LogP contribution in [0, 0.1) is 0 Å². The third-order valence-electron chi connectivity index (χ3n) is 2.69. The van der Waals surface area contributed by atoms with E-state index >= 15 is 0 Å². The van der Waals surface area contributed by atoms with Gasteiger partial charge in [-0.05, 0) is 18.1 Å². The lowest BCUT2D eigenvalue weighted by atomic mass is 10.1. The number of hydrogen-bond acceptors (Lipinski definition) is 2. The topological polar surface area (TPSA) is 34.9 Å². The van der Waals surface area contributed by atoms with Crippen molar-refractivity contribution in [2.24, 2.45) is 7.05 Å². The van der Waals surface area contributed by atoms with Gasteiger partial charge in [-0.15, -0.1) is 0 Å². The molecule has 82 valence electrons. The lowest BCUT2D eigenvalue weighted by Crippen LogP contribution is -1.95. The van der Waals surface area contributed by atoms with E-state index < -0.39 is 0 Å². The fourth-order valence-electron chi connectivity index (χ4n) is 1.64. The summed E-state index contributed by atoms with van der Waals surface area (Å²) in [4.78, 5) is 10.7. The van der Waals surface area contributed by atoms with E-state index in [9.17, 15) is 4.79 Å². The van der Waals surface area contributed by atoms with Crippen LogP contribution in [0.25, 0.3) is 11.3 Å². The van der Waals surface area contributed by atoms with Gasteiger partial charge in [0, 0.05) is 12.6 Å². The summed E-state index contributed by atoms with van der Waals surface area (Å²) in [5, 5.41) is 4.29. The zero-order valence-electron chi connectivity index (χ0n) is 9.47. The molecule has 0 aliphatic rings. The van der Waals surface area contributed by atoms with E-state index in [2.05, 4.69) is 24.2 Å². The Kier molecular flexibility index (Phi) is 2.86. The van der Waals surface area contributed by atoms with Crippen LogP contribution in [0.15, 0.2) is 30.3 Å². The summed E-state index contributed by atoms with van der Waals surface area (Å²) in [6, 6.07) is 10.1. The van der Waals surface area contributed by atoms with E-state index in [1.807, 2.05) is 12.1 Å². The van der Waals surface area contributed by atoms with Crippen molar-refractivity contribution in [3.63, 3.8) is 0 Å². The molecule has 1 aromatic carbocycles. The summed E-state index contributed by atoms with van der Waals surface area (Å²) in [5.74, 6) is 0. The molecule has 0 aliphatic heterocycles. The zero-order chi connectivity index (χ0) is 11.5. The van der Waals surface area contributed by atoms with Crippen LogP contribution in [0.5, 0.6) is 0 Å². The average Bonchev–Trinajstić information content (AvgIpc) is 2.71. The van der Waals surface area contributed by atoms with Gasteiger partial charge in [0.25, 0.3) is 0 Å². The molecule has 3 nitrogen and oxygen atoms in total. The lowest BCUT2D eigenvalue weighted by molar-refractivity contribution is 0.111.